The average Bonchev–Trinajstić information content (AvgIpc) is 2.46. The maximum atomic E-state index is 12.3. The van der Waals surface area contributed by atoms with Crippen LogP contribution in [-0.2, 0) is 10.8 Å². The van der Waals surface area contributed by atoms with Crippen molar-refractivity contribution in [2.75, 3.05) is 11.6 Å². The van der Waals surface area contributed by atoms with Gasteiger partial charge in [-0.15, -0.1) is 11.8 Å². The van der Waals surface area contributed by atoms with Gasteiger partial charge in [0.05, 0.1) is 5.03 Å². The van der Waals surface area contributed by atoms with Crippen LogP contribution < -0.4 is 5.32 Å². The molecule has 6 heteroatoms. The summed E-state index contributed by atoms with van der Waals surface area (Å²) < 4.78 is 11.4. The highest BCUT2D eigenvalue weighted by molar-refractivity contribution is 8.00. The highest BCUT2D eigenvalue weighted by atomic mass is 32.2. The smallest absolute Gasteiger partial charge is 0.255 e. The Morgan fingerprint density at radius 1 is 1.17 bits per heavy atom. The number of aromatic nitrogens is 1. The monoisotopic (exact) mass is 348 g/mol. The van der Waals surface area contributed by atoms with Crippen LogP contribution >= 0.6 is 11.8 Å². The van der Waals surface area contributed by atoms with Gasteiger partial charge in [0.25, 0.3) is 5.91 Å². The first-order chi connectivity index (χ1) is 10.7. The van der Waals surface area contributed by atoms with E-state index >= 15 is 0 Å². The third kappa shape index (κ3) is 5.48. The minimum Gasteiger partial charge on any atom is -0.322 e. The SMILES string of the molecule is CS(=O)c1ccc(NC(=O)c2ccnc(SC(C)(C)C)c2)cc1. The van der Waals surface area contributed by atoms with Gasteiger partial charge >= 0.3 is 0 Å². The molecule has 1 N–H and O–H groups in total. The molecule has 4 nitrogen and oxygen atoms in total. The van der Waals surface area contributed by atoms with E-state index in [1.54, 1.807) is 60.6 Å². The molecular weight excluding hydrogens is 328 g/mol. The summed E-state index contributed by atoms with van der Waals surface area (Å²) in [6.07, 6.45) is 3.27. The van der Waals surface area contributed by atoms with Gasteiger partial charge in [-0.25, -0.2) is 4.98 Å². The number of anilines is 1. The van der Waals surface area contributed by atoms with Gasteiger partial charge in [-0.2, -0.15) is 0 Å². The molecule has 0 saturated carbocycles. The number of nitrogens with zero attached hydrogens (tertiary/aromatic N) is 1. The number of carbonyl (C=O) groups excluding carboxylic acids is 1. The van der Waals surface area contributed by atoms with Crippen molar-refractivity contribution in [3.63, 3.8) is 0 Å². The number of hydrogen-bond donors (Lipinski definition) is 1. The van der Waals surface area contributed by atoms with E-state index in [0.29, 0.717) is 11.3 Å². The molecule has 1 atom stereocenters. The molecule has 1 heterocycles. The zero-order chi connectivity index (χ0) is 17.0. The van der Waals surface area contributed by atoms with Crippen LogP contribution in [-0.4, -0.2) is 26.1 Å². The molecule has 1 aromatic carbocycles. The lowest BCUT2D eigenvalue weighted by Gasteiger charge is -2.16. The lowest BCUT2D eigenvalue weighted by molar-refractivity contribution is 0.102. The predicted octanol–water partition coefficient (Wildman–Crippen LogP) is 3.96. The van der Waals surface area contributed by atoms with Crippen molar-refractivity contribution in [3.8, 4) is 0 Å². The Morgan fingerprint density at radius 2 is 1.83 bits per heavy atom. The molecule has 0 aliphatic heterocycles. The van der Waals surface area contributed by atoms with Crippen molar-refractivity contribution < 1.29 is 9.00 Å². The maximum Gasteiger partial charge on any atom is 0.255 e. The molecular formula is C17H20N2O2S2. The van der Waals surface area contributed by atoms with E-state index in [9.17, 15) is 9.00 Å². The van der Waals surface area contributed by atoms with E-state index in [1.807, 2.05) is 0 Å². The van der Waals surface area contributed by atoms with Crippen LogP contribution in [0.2, 0.25) is 0 Å². The first-order valence-electron chi connectivity index (χ1n) is 7.14. The van der Waals surface area contributed by atoms with Crippen LogP contribution in [0.25, 0.3) is 0 Å². The zero-order valence-corrected chi connectivity index (χ0v) is 15.3. The summed E-state index contributed by atoms with van der Waals surface area (Å²) in [5.74, 6) is -0.187. The van der Waals surface area contributed by atoms with Gasteiger partial charge in [0.1, 0.15) is 0 Å². The molecule has 1 amide bonds. The van der Waals surface area contributed by atoms with Gasteiger partial charge in [0, 0.05) is 44.1 Å². The van der Waals surface area contributed by atoms with Gasteiger partial charge in [-0.05, 0) is 36.4 Å². The molecule has 0 aliphatic carbocycles. The molecule has 23 heavy (non-hydrogen) atoms. The molecule has 0 aliphatic rings. The summed E-state index contributed by atoms with van der Waals surface area (Å²) in [6.45, 7) is 6.31. The van der Waals surface area contributed by atoms with E-state index in [4.69, 9.17) is 0 Å². The zero-order valence-electron chi connectivity index (χ0n) is 13.6. The van der Waals surface area contributed by atoms with Crippen LogP contribution in [0.15, 0.2) is 52.5 Å². The standard InChI is InChI=1S/C17H20N2O2S2/c1-17(2,3)22-15-11-12(9-10-18-15)16(20)19-13-5-7-14(8-6-13)23(4)21/h5-11H,1-4H3,(H,19,20). The average molecular weight is 348 g/mol. The lowest BCUT2D eigenvalue weighted by atomic mass is 10.2. The van der Waals surface area contributed by atoms with E-state index in [2.05, 4.69) is 31.1 Å². The number of rotatable bonds is 4. The third-order valence-corrected chi connectivity index (χ3v) is 4.83. The van der Waals surface area contributed by atoms with Crippen molar-refractivity contribution in [1.29, 1.82) is 0 Å². The van der Waals surface area contributed by atoms with Crippen LogP contribution in [0.5, 0.6) is 0 Å². The number of nitrogens with one attached hydrogen (secondary N) is 1. The predicted molar refractivity (Wildman–Crippen MR) is 96.6 cm³/mol. The summed E-state index contributed by atoms with van der Waals surface area (Å²) in [7, 11) is -1.02. The largest absolute Gasteiger partial charge is 0.322 e. The summed E-state index contributed by atoms with van der Waals surface area (Å²) >= 11 is 1.62. The normalized spacial score (nSPS) is 12.7. The second kappa shape index (κ2) is 7.27. The number of thioether (sulfide) groups is 1. The molecule has 122 valence electrons. The Labute approximate surface area is 143 Å². The third-order valence-electron chi connectivity index (χ3n) is 2.85. The molecule has 0 saturated heterocycles. The van der Waals surface area contributed by atoms with Crippen molar-refractivity contribution in [2.45, 2.75) is 35.4 Å². The number of hydrogen-bond acceptors (Lipinski definition) is 4. The summed E-state index contributed by atoms with van der Waals surface area (Å²) in [4.78, 5) is 17.4. The minimum atomic E-state index is -1.02. The van der Waals surface area contributed by atoms with Gasteiger partial charge in [0.15, 0.2) is 0 Å². The number of amides is 1. The van der Waals surface area contributed by atoms with Crippen molar-refractivity contribution in [2.24, 2.45) is 0 Å². The summed E-state index contributed by atoms with van der Waals surface area (Å²) in [6, 6.07) is 10.5. The van der Waals surface area contributed by atoms with Crippen LogP contribution in [0, 0.1) is 0 Å². The Morgan fingerprint density at radius 3 is 2.39 bits per heavy atom. The fraction of sp³-hybridized carbons (Fsp3) is 0.294. The second-order valence-corrected chi connectivity index (χ2v) is 9.26. The van der Waals surface area contributed by atoms with Gasteiger partial charge in [-0.1, -0.05) is 20.8 Å². The van der Waals surface area contributed by atoms with E-state index in [0.717, 1.165) is 9.92 Å². The number of pyridine rings is 1. The van der Waals surface area contributed by atoms with Crippen LogP contribution in [0.1, 0.15) is 31.1 Å². The van der Waals surface area contributed by atoms with E-state index < -0.39 is 10.8 Å². The fourth-order valence-corrected chi connectivity index (χ4v) is 3.30. The summed E-state index contributed by atoms with van der Waals surface area (Å²) in [5.41, 5.74) is 1.24. The molecule has 1 aromatic heterocycles. The number of carbonyl (C=O) groups is 1. The molecule has 2 rings (SSSR count). The Bertz CT molecular complexity index is 722. The summed E-state index contributed by atoms with van der Waals surface area (Å²) in [5, 5.41) is 3.66. The molecule has 0 bridgehead atoms. The number of benzene rings is 1. The Balaban J connectivity index is 2.11. The minimum absolute atomic E-state index is 0.0354. The first kappa shape index (κ1) is 17.7. The molecule has 2 aromatic rings. The maximum absolute atomic E-state index is 12.3. The van der Waals surface area contributed by atoms with Gasteiger partial charge < -0.3 is 5.32 Å². The topological polar surface area (TPSA) is 59.1 Å². The highest BCUT2D eigenvalue weighted by Crippen LogP contribution is 2.30. The molecule has 1 unspecified atom stereocenters. The fourth-order valence-electron chi connectivity index (χ4n) is 1.85. The highest BCUT2D eigenvalue weighted by Gasteiger charge is 2.15. The van der Waals surface area contributed by atoms with E-state index in [-0.39, 0.29) is 10.7 Å². The van der Waals surface area contributed by atoms with Crippen molar-refractivity contribution in [1.82, 2.24) is 4.98 Å². The Kier molecular flexibility index (Phi) is 5.59. The van der Waals surface area contributed by atoms with E-state index in [1.165, 1.54) is 0 Å². The lowest BCUT2D eigenvalue weighted by Crippen LogP contribution is -2.13. The Hall–Kier alpha value is -1.66. The van der Waals surface area contributed by atoms with Gasteiger partial charge in [-0.3, -0.25) is 9.00 Å². The van der Waals surface area contributed by atoms with Crippen LogP contribution in [0.4, 0.5) is 5.69 Å². The molecule has 0 spiro atoms. The quantitative estimate of drug-likeness (QED) is 0.850. The first-order valence-corrected chi connectivity index (χ1v) is 9.52. The van der Waals surface area contributed by atoms with Crippen LogP contribution in [0.3, 0.4) is 0 Å². The van der Waals surface area contributed by atoms with Crippen molar-refractivity contribution >= 4 is 34.2 Å². The molecule has 0 fully saturated rings. The van der Waals surface area contributed by atoms with Gasteiger partial charge in [0.2, 0.25) is 0 Å². The second-order valence-electron chi connectivity index (χ2n) is 6.03. The molecule has 0 radical (unpaired) electrons. The van der Waals surface area contributed by atoms with Crippen molar-refractivity contribution in [3.05, 3.63) is 48.2 Å².